The summed E-state index contributed by atoms with van der Waals surface area (Å²) in [5.41, 5.74) is 0. The summed E-state index contributed by atoms with van der Waals surface area (Å²) in [5, 5.41) is 8.58. The zero-order valence-electron chi connectivity index (χ0n) is 6.75. The van der Waals surface area contributed by atoms with Crippen LogP contribution < -0.4 is 0 Å². The molecule has 0 saturated heterocycles. The number of hydrogen-bond acceptors (Lipinski definition) is 2. The Morgan fingerprint density at radius 2 is 2.27 bits per heavy atom. The lowest BCUT2D eigenvalue weighted by Crippen LogP contribution is -2.12. The predicted molar refractivity (Wildman–Crippen MR) is 41.3 cm³/mol. The van der Waals surface area contributed by atoms with Gasteiger partial charge in [0.05, 0.1) is 5.92 Å². The molecule has 0 aliphatic carbocycles. The molecule has 1 N–H and O–H groups in total. The molecule has 0 aromatic rings. The van der Waals surface area contributed by atoms with Gasteiger partial charge in [-0.2, -0.15) is 0 Å². The van der Waals surface area contributed by atoms with Crippen molar-refractivity contribution in [3.8, 4) is 0 Å². The van der Waals surface area contributed by atoms with Gasteiger partial charge in [0.25, 0.3) is 0 Å². The van der Waals surface area contributed by atoms with Crippen molar-refractivity contribution in [2.24, 2.45) is 5.92 Å². The Hall–Kier alpha value is -0.860. The first kappa shape index (κ1) is 10.1. The quantitative estimate of drug-likeness (QED) is 0.470. The van der Waals surface area contributed by atoms with Gasteiger partial charge in [0.1, 0.15) is 6.29 Å². The van der Waals surface area contributed by atoms with Crippen molar-refractivity contribution in [3.05, 3.63) is 0 Å². The van der Waals surface area contributed by atoms with E-state index in [2.05, 4.69) is 0 Å². The van der Waals surface area contributed by atoms with E-state index in [-0.39, 0.29) is 5.92 Å². The summed E-state index contributed by atoms with van der Waals surface area (Å²) in [5.74, 6) is -1.02. The second-order valence-electron chi connectivity index (χ2n) is 2.54. The molecule has 0 saturated carbocycles. The summed E-state index contributed by atoms with van der Waals surface area (Å²) in [6.45, 7) is 1.85. The average molecular weight is 158 g/mol. The molecule has 3 nitrogen and oxygen atoms in total. The fraction of sp³-hybridized carbons (Fsp3) is 0.750. The van der Waals surface area contributed by atoms with E-state index < -0.39 is 5.97 Å². The van der Waals surface area contributed by atoms with Gasteiger partial charge in [-0.1, -0.05) is 6.92 Å². The Morgan fingerprint density at radius 1 is 1.64 bits per heavy atom. The van der Waals surface area contributed by atoms with E-state index in [4.69, 9.17) is 5.11 Å². The molecule has 0 bridgehead atoms. The van der Waals surface area contributed by atoms with E-state index in [1.165, 1.54) is 0 Å². The molecular weight excluding hydrogens is 144 g/mol. The zero-order valence-corrected chi connectivity index (χ0v) is 6.75. The highest BCUT2D eigenvalue weighted by molar-refractivity contribution is 5.69. The summed E-state index contributed by atoms with van der Waals surface area (Å²) < 4.78 is 0. The third kappa shape index (κ3) is 4.53. The molecule has 0 aromatic carbocycles. The monoisotopic (exact) mass is 158 g/mol. The summed E-state index contributed by atoms with van der Waals surface area (Å²) in [7, 11) is 0. The highest BCUT2D eigenvalue weighted by Gasteiger charge is 2.13. The Morgan fingerprint density at radius 3 is 2.64 bits per heavy atom. The molecule has 3 heteroatoms. The number of carbonyl (C=O) groups excluding carboxylic acids is 1. The molecule has 1 atom stereocenters. The van der Waals surface area contributed by atoms with Gasteiger partial charge in [0.15, 0.2) is 0 Å². The third-order valence-electron chi connectivity index (χ3n) is 1.72. The van der Waals surface area contributed by atoms with Crippen LogP contribution >= 0.6 is 0 Å². The van der Waals surface area contributed by atoms with E-state index >= 15 is 0 Å². The van der Waals surface area contributed by atoms with Crippen molar-refractivity contribution >= 4 is 12.3 Å². The van der Waals surface area contributed by atoms with Gasteiger partial charge in [-0.05, 0) is 19.3 Å². The Bertz CT molecular complexity index is 131. The van der Waals surface area contributed by atoms with Gasteiger partial charge in [0.2, 0.25) is 0 Å². The normalized spacial score (nSPS) is 12.5. The maximum absolute atomic E-state index is 10.4. The molecule has 0 rings (SSSR count). The fourth-order valence-corrected chi connectivity index (χ4v) is 0.950. The minimum Gasteiger partial charge on any atom is -0.481 e. The number of rotatable bonds is 6. The standard InChI is InChI=1S/C8H14O3/c1-2-7(8(10)11)5-3-4-6-9/h6-7H,2-5H2,1H3,(H,10,11). The lowest BCUT2D eigenvalue weighted by Gasteiger charge is -2.06. The van der Waals surface area contributed by atoms with Gasteiger partial charge in [0, 0.05) is 6.42 Å². The van der Waals surface area contributed by atoms with E-state index in [9.17, 15) is 9.59 Å². The Labute approximate surface area is 66.4 Å². The molecule has 64 valence electrons. The minimum absolute atomic E-state index is 0.269. The maximum atomic E-state index is 10.4. The summed E-state index contributed by atoms with van der Waals surface area (Å²) in [4.78, 5) is 20.3. The second kappa shape index (κ2) is 5.89. The second-order valence-corrected chi connectivity index (χ2v) is 2.54. The first-order valence-electron chi connectivity index (χ1n) is 3.88. The lowest BCUT2D eigenvalue weighted by molar-refractivity contribution is -0.142. The van der Waals surface area contributed by atoms with Crippen molar-refractivity contribution in [2.75, 3.05) is 0 Å². The highest BCUT2D eigenvalue weighted by Crippen LogP contribution is 2.11. The number of carboxylic acid groups (broad SMARTS) is 1. The van der Waals surface area contributed by atoms with Crippen molar-refractivity contribution in [3.63, 3.8) is 0 Å². The van der Waals surface area contributed by atoms with Gasteiger partial charge >= 0.3 is 5.97 Å². The minimum atomic E-state index is -0.751. The number of aliphatic carboxylic acids is 1. The van der Waals surface area contributed by atoms with Crippen LogP contribution in [0.2, 0.25) is 0 Å². The molecule has 0 amide bonds. The van der Waals surface area contributed by atoms with E-state index in [0.717, 1.165) is 6.29 Å². The maximum Gasteiger partial charge on any atom is 0.306 e. The molecule has 1 unspecified atom stereocenters. The lowest BCUT2D eigenvalue weighted by atomic mass is 10.00. The molecular formula is C8H14O3. The number of carbonyl (C=O) groups is 2. The van der Waals surface area contributed by atoms with Crippen LogP contribution in [0.4, 0.5) is 0 Å². The SMILES string of the molecule is CCC(CCCC=O)C(=O)O. The van der Waals surface area contributed by atoms with E-state index in [1.807, 2.05) is 6.92 Å². The summed E-state index contributed by atoms with van der Waals surface area (Å²) in [6.07, 6.45) is 3.26. The fourth-order valence-electron chi connectivity index (χ4n) is 0.950. The molecule has 11 heavy (non-hydrogen) atoms. The van der Waals surface area contributed by atoms with Crippen molar-refractivity contribution < 1.29 is 14.7 Å². The zero-order chi connectivity index (χ0) is 8.69. The first-order valence-corrected chi connectivity index (χ1v) is 3.88. The molecule has 0 radical (unpaired) electrons. The van der Waals surface area contributed by atoms with E-state index in [1.54, 1.807) is 0 Å². The van der Waals surface area contributed by atoms with Crippen LogP contribution in [0.3, 0.4) is 0 Å². The predicted octanol–water partition coefficient (Wildman–Crippen LogP) is 1.47. The molecule has 0 fully saturated rings. The van der Waals surface area contributed by atoms with Crippen LogP contribution in [0.5, 0.6) is 0 Å². The number of aldehydes is 1. The summed E-state index contributed by atoms with van der Waals surface area (Å²) in [6, 6.07) is 0. The number of unbranched alkanes of at least 4 members (excludes halogenated alkanes) is 1. The Kier molecular flexibility index (Phi) is 5.43. The van der Waals surface area contributed by atoms with Crippen molar-refractivity contribution in [1.82, 2.24) is 0 Å². The topological polar surface area (TPSA) is 54.4 Å². The first-order chi connectivity index (χ1) is 5.22. The third-order valence-corrected chi connectivity index (χ3v) is 1.72. The van der Waals surface area contributed by atoms with Crippen molar-refractivity contribution in [1.29, 1.82) is 0 Å². The van der Waals surface area contributed by atoms with Crippen LogP contribution in [0.1, 0.15) is 32.6 Å². The number of hydrogen-bond donors (Lipinski definition) is 1. The van der Waals surface area contributed by atoms with Gasteiger partial charge < -0.3 is 9.90 Å². The number of carboxylic acids is 1. The van der Waals surface area contributed by atoms with Crippen LogP contribution in [-0.2, 0) is 9.59 Å². The van der Waals surface area contributed by atoms with Crippen LogP contribution in [0.25, 0.3) is 0 Å². The van der Waals surface area contributed by atoms with Crippen molar-refractivity contribution in [2.45, 2.75) is 32.6 Å². The molecule has 0 aromatic heterocycles. The highest BCUT2D eigenvalue weighted by atomic mass is 16.4. The van der Waals surface area contributed by atoms with Gasteiger partial charge in [-0.15, -0.1) is 0 Å². The Balaban J connectivity index is 3.52. The van der Waals surface area contributed by atoms with E-state index in [0.29, 0.717) is 25.7 Å². The average Bonchev–Trinajstić information content (AvgIpc) is 1.97. The molecule has 0 spiro atoms. The smallest absolute Gasteiger partial charge is 0.306 e. The van der Waals surface area contributed by atoms with Crippen LogP contribution in [-0.4, -0.2) is 17.4 Å². The molecule has 0 aliphatic rings. The largest absolute Gasteiger partial charge is 0.481 e. The van der Waals surface area contributed by atoms with Gasteiger partial charge in [-0.3, -0.25) is 4.79 Å². The molecule has 0 heterocycles. The summed E-state index contributed by atoms with van der Waals surface area (Å²) >= 11 is 0. The van der Waals surface area contributed by atoms with Crippen LogP contribution in [0, 0.1) is 5.92 Å². The van der Waals surface area contributed by atoms with Crippen LogP contribution in [0.15, 0.2) is 0 Å². The van der Waals surface area contributed by atoms with Gasteiger partial charge in [-0.25, -0.2) is 0 Å². The molecule has 0 aliphatic heterocycles.